The van der Waals surface area contributed by atoms with E-state index in [1.54, 1.807) is 24.3 Å². The first-order valence-corrected chi connectivity index (χ1v) is 7.67. The predicted octanol–water partition coefficient (Wildman–Crippen LogP) is 5.27. The first-order valence-electron chi connectivity index (χ1n) is 7.29. The summed E-state index contributed by atoms with van der Waals surface area (Å²) in [4.78, 5) is 12.0. The van der Waals surface area contributed by atoms with E-state index in [2.05, 4.69) is 12.1 Å². The van der Waals surface area contributed by atoms with Gasteiger partial charge in [0, 0.05) is 10.6 Å². The molecule has 0 aliphatic carbocycles. The number of carbonyl (C=O) groups excluding carboxylic acids is 1. The Morgan fingerprint density at radius 3 is 2.04 bits per heavy atom. The maximum absolute atomic E-state index is 12.0. The van der Waals surface area contributed by atoms with Crippen molar-refractivity contribution in [3.8, 4) is 16.9 Å². The first kappa shape index (κ1) is 15.3. The van der Waals surface area contributed by atoms with Gasteiger partial charge in [0.05, 0.1) is 0 Å². The molecule has 0 saturated carbocycles. The van der Waals surface area contributed by atoms with Gasteiger partial charge in [-0.25, -0.2) is 0 Å². The summed E-state index contributed by atoms with van der Waals surface area (Å²) in [7, 11) is 0. The second kappa shape index (κ2) is 7.12. The molecule has 114 valence electrons. The molecule has 0 aromatic heterocycles. The molecule has 3 rings (SSSR count). The summed E-state index contributed by atoms with van der Waals surface area (Å²) < 4.78 is 5.56. The lowest BCUT2D eigenvalue weighted by Gasteiger charge is -2.07. The minimum Gasteiger partial charge on any atom is -0.485 e. The highest BCUT2D eigenvalue weighted by molar-refractivity contribution is 6.30. The Morgan fingerprint density at radius 1 is 0.783 bits per heavy atom. The van der Waals surface area contributed by atoms with Crippen LogP contribution >= 0.6 is 11.6 Å². The van der Waals surface area contributed by atoms with Gasteiger partial charge in [-0.3, -0.25) is 4.79 Å². The normalized spacial score (nSPS) is 10.3. The van der Waals surface area contributed by atoms with E-state index in [1.165, 1.54) is 0 Å². The van der Waals surface area contributed by atoms with Gasteiger partial charge in [0.1, 0.15) is 5.75 Å². The van der Waals surface area contributed by atoms with E-state index in [1.807, 2.05) is 42.5 Å². The summed E-state index contributed by atoms with van der Waals surface area (Å²) in [5.41, 5.74) is 2.86. The average molecular weight is 323 g/mol. The van der Waals surface area contributed by atoms with Gasteiger partial charge < -0.3 is 4.74 Å². The minimum atomic E-state index is -0.0752. The predicted molar refractivity (Wildman–Crippen MR) is 93.2 cm³/mol. The van der Waals surface area contributed by atoms with Crippen molar-refractivity contribution in [2.24, 2.45) is 0 Å². The monoisotopic (exact) mass is 322 g/mol. The molecule has 0 fully saturated rings. The van der Waals surface area contributed by atoms with Gasteiger partial charge in [-0.15, -0.1) is 0 Å². The largest absolute Gasteiger partial charge is 0.485 e. The van der Waals surface area contributed by atoms with E-state index >= 15 is 0 Å². The lowest BCUT2D eigenvalue weighted by Crippen LogP contribution is -2.11. The van der Waals surface area contributed by atoms with Crippen molar-refractivity contribution >= 4 is 17.4 Å². The Bertz CT molecular complexity index is 778. The van der Waals surface area contributed by atoms with E-state index in [4.69, 9.17) is 16.3 Å². The fourth-order valence-electron chi connectivity index (χ4n) is 2.24. The third-order valence-corrected chi connectivity index (χ3v) is 3.75. The van der Waals surface area contributed by atoms with Crippen molar-refractivity contribution in [3.05, 3.63) is 89.4 Å². The fourth-order valence-corrected chi connectivity index (χ4v) is 2.37. The Hall–Kier alpha value is -2.58. The fraction of sp³-hybridized carbons (Fsp3) is 0.0500. The molecular weight excluding hydrogens is 308 g/mol. The molecule has 2 nitrogen and oxygen atoms in total. The van der Waals surface area contributed by atoms with Gasteiger partial charge in [0.2, 0.25) is 0 Å². The lowest BCUT2D eigenvalue weighted by molar-refractivity contribution is 0.0921. The van der Waals surface area contributed by atoms with Crippen LogP contribution in [0.15, 0.2) is 78.9 Å². The third-order valence-electron chi connectivity index (χ3n) is 3.50. The van der Waals surface area contributed by atoms with Crippen LogP contribution in [-0.4, -0.2) is 12.4 Å². The standard InChI is InChI=1S/C20H15ClO2/c21-18-10-6-17(7-11-18)20(22)14-23-19-12-8-16(9-13-19)15-4-2-1-3-5-15/h1-13H,14H2. The van der Waals surface area contributed by atoms with Gasteiger partial charge >= 0.3 is 0 Å². The molecule has 23 heavy (non-hydrogen) atoms. The molecule has 0 radical (unpaired) electrons. The van der Waals surface area contributed by atoms with Crippen molar-refractivity contribution in [3.63, 3.8) is 0 Å². The molecule has 0 amide bonds. The van der Waals surface area contributed by atoms with E-state index in [9.17, 15) is 4.79 Å². The minimum absolute atomic E-state index is 0.00627. The van der Waals surface area contributed by atoms with Crippen LogP contribution in [0.2, 0.25) is 5.02 Å². The Balaban J connectivity index is 1.62. The van der Waals surface area contributed by atoms with E-state index < -0.39 is 0 Å². The van der Waals surface area contributed by atoms with Crippen molar-refractivity contribution in [1.29, 1.82) is 0 Å². The van der Waals surface area contributed by atoms with Crippen LogP contribution in [-0.2, 0) is 0 Å². The van der Waals surface area contributed by atoms with Crippen LogP contribution in [0.25, 0.3) is 11.1 Å². The average Bonchev–Trinajstić information content (AvgIpc) is 2.61. The number of ether oxygens (including phenoxy) is 1. The zero-order valence-corrected chi connectivity index (χ0v) is 13.2. The number of benzene rings is 3. The Morgan fingerprint density at radius 2 is 1.39 bits per heavy atom. The zero-order valence-electron chi connectivity index (χ0n) is 12.4. The number of halogens is 1. The lowest BCUT2D eigenvalue weighted by atomic mass is 10.1. The molecule has 0 saturated heterocycles. The van der Waals surface area contributed by atoms with Crippen LogP contribution in [0.3, 0.4) is 0 Å². The molecular formula is C20H15ClO2. The maximum atomic E-state index is 12.0. The molecule has 0 spiro atoms. The van der Waals surface area contributed by atoms with Gasteiger partial charge in [-0.05, 0) is 47.5 Å². The molecule has 0 heterocycles. The zero-order chi connectivity index (χ0) is 16.1. The van der Waals surface area contributed by atoms with Crippen molar-refractivity contribution in [1.82, 2.24) is 0 Å². The van der Waals surface area contributed by atoms with Crippen molar-refractivity contribution in [2.75, 3.05) is 6.61 Å². The number of hydrogen-bond donors (Lipinski definition) is 0. The topological polar surface area (TPSA) is 26.3 Å². The summed E-state index contributed by atoms with van der Waals surface area (Å²) in [5.74, 6) is 0.598. The summed E-state index contributed by atoms with van der Waals surface area (Å²) in [6.45, 7) is 0.00627. The highest BCUT2D eigenvalue weighted by Crippen LogP contribution is 2.22. The number of ketones is 1. The molecule has 3 aromatic carbocycles. The molecule has 0 aliphatic heterocycles. The van der Waals surface area contributed by atoms with Crippen LogP contribution in [0.4, 0.5) is 0 Å². The smallest absolute Gasteiger partial charge is 0.200 e. The highest BCUT2D eigenvalue weighted by atomic mass is 35.5. The van der Waals surface area contributed by atoms with E-state index in [0.29, 0.717) is 16.3 Å². The summed E-state index contributed by atoms with van der Waals surface area (Å²) >= 11 is 5.81. The second-order valence-electron chi connectivity index (χ2n) is 5.11. The number of hydrogen-bond acceptors (Lipinski definition) is 2. The van der Waals surface area contributed by atoms with Gasteiger partial charge in [0.15, 0.2) is 12.4 Å². The highest BCUT2D eigenvalue weighted by Gasteiger charge is 2.07. The second-order valence-corrected chi connectivity index (χ2v) is 5.55. The van der Waals surface area contributed by atoms with Crippen molar-refractivity contribution < 1.29 is 9.53 Å². The van der Waals surface area contributed by atoms with Crippen LogP contribution in [0.1, 0.15) is 10.4 Å². The summed E-state index contributed by atoms with van der Waals surface area (Å²) in [6, 6.07) is 24.6. The van der Waals surface area contributed by atoms with Crippen molar-refractivity contribution in [2.45, 2.75) is 0 Å². The first-order chi connectivity index (χ1) is 11.2. The van der Waals surface area contributed by atoms with Crippen LogP contribution in [0, 0.1) is 0 Å². The summed E-state index contributed by atoms with van der Waals surface area (Å²) in [6.07, 6.45) is 0. The van der Waals surface area contributed by atoms with Gasteiger partial charge in [-0.2, -0.15) is 0 Å². The number of rotatable bonds is 5. The summed E-state index contributed by atoms with van der Waals surface area (Å²) in [5, 5.41) is 0.610. The Labute approximate surface area is 140 Å². The Kier molecular flexibility index (Phi) is 4.74. The molecule has 0 bridgehead atoms. The number of Topliss-reactive ketones (excluding diaryl/α,β-unsaturated/α-hetero) is 1. The molecule has 0 N–H and O–H groups in total. The number of carbonyl (C=O) groups is 1. The van der Waals surface area contributed by atoms with Crippen LogP contribution < -0.4 is 4.74 Å². The molecule has 0 unspecified atom stereocenters. The van der Waals surface area contributed by atoms with Gasteiger partial charge in [-0.1, -0.05) is 54.1 Å². The van der Waals surface area contributed by atoms with E-state index in [0.717, 1.165) is 11.1 Å². The molecule has 3 aromatic rings. The molecule has 0 atom stereocenters. The SMILES string of the molecule is O=C(COc1ccc(-c2ccccc2)cc1)c1ccc(Cl)cc1. The third kappa shape index (κ3) is 3.99. The van der Waals surface area contributed by atoms with Crippen LogP contribution in [0.5, 0.6) is 5.75 Å². The molecule has 3 heteroatoms. The maximum Gasteiger partial charge on any atom is 0.200 e. The quantitative estimate of drug-likeness (QED) is 0.598. The van der Waals surface area contributed by atoms with Gasteiger partial charge in [0.25, 0.3) is 0 Å². The molecule has 0 aliphatic rings. The van der Waals surface area contributed by atoms with E-state index in [-0.39, 0.29) is 12.4 Å².